The quantitative estimate of drug-likeness (QED) is 0.526. The molecule has 0 heterocycles. The molecule has 0 aromatic heterocycles. The van der Waals surface area contributed by atoms with Crippen molar-refractivity contribution < 1.29 is 14.8 Å². The highest BCUT2D eigenvalue weighted by Gasteiger charge is 2.25. The van der Waals surface area contributed by atoms with Crippen molar-refractivity contribution in [3.05, 3.63) is 37.4 Å². The monoisotopic (exact) mass is 321 g/mol. The first-order valence-corrected chi connectivity index (χ1v) is 5.18. The second kappa shape index (κ2) is 4.56. The third-order valence-corrected chi connectivity index (χ3v) is 2.91. The van der Waals surface area contributed by atoms with Gasteiger partial charge in [0.25, 0.3) is 5.69 Å². The second-order valence-electron chi connectivity index (χ2n) is 2.99. The van der Waals surface area contributed by atoms with E-state index in [4.69, 9.17) is 5.11 Å². The van der Waals surface area contributed by atoms with Gasteiger partial charge < -0.3 is 5.11 Å². The van der Waals surface area contributed by atoms with Crippen LogP contribution in [0.4, 0.5) is 5.69 Å². The lowest BCUT2D eigenvalue weighted by Gasteiger charge is -2.07. The summed E-state index contributed by atoms with van der Waals surface area (Å²) in [7, 11) is 0. The van der Waals surface area contributed by atoms with Crippen molar-refractivity contribution in [2.75, 3.05) is 0 Å². The molecular formula is C9H8INO4. The molecule has 1 aromatic carbocycles. The highest BCUT2D eigenvalue weighted by molar-refractivity contribution is 14.1. The van der Waals surface area contributed by atoms with Crippen molar-refractivity contribution in [1.82, 2.24) is 0 Å². The summed E-state index contributed by atoms with van der Waals surface area (Å²) >= 11 is 1.82. The molecule has 15 heavy (non-hydrogen) atoms. The molecule has 1 atom stereocenters. The summed E-state index contributed by atoms with van der Waals surface area (Å²) in [5.41, 5.74) is 0.118. The fourth-order valence-electron chi connectivity index (χ4n) is 1.21. The van der Waals surface area contributed by atoms with Crippen molar-refractivity contribution in [1.29, 1.82) is 0 Å². The van der Waals surface area contributed by atoms with Crippen LogP contribution in [-0.2, 0) is 4.79 Å². The lowest BCUT2D eigenvalue weighted by atomic mass is 10.00. The van der Waals surface area contributed by atoms with E-state index in [1.165, 1.54) is 13.0 Å². The lowest BCUT2D eigenvalue weighted by Crippen LogP contribution is -2.10. The maximum Gasteiger partial charge on any atom is 0.310 e. The van der Waals surface area contributed by atoms with Crippen molar-refractivity contribution >= 4 is 34.2 Å². The first-order valence-electron chi connectivity index (χ1n) is 4.10. The van der Waals surface area contributed by atoms with E-state index in [0.29, 0.717) is 3.57 Å². The summed E-state index contributed by atoms with van der Waals surface area (Å²) in [5, 5.41) is 19.6. The lowest BCUT2D eigenvalue weighted by molar-refractivity contribution is -0.386. The van der Waals surface area contributed by atoms with E-state index in [1.54, 1.807) is 12.1 Å². The average molecular weight is 321 g/mol. The van der Waals surface area contributed by atoms with Crippen molar-refractivity contribution in [2.24, 2.45) is 0 Å². The fraction of sp³-hybridized carbons (Fsp3) is 0.222. The van der Waals surface area contributed by atoms with Crippen LogP contribution in [0.5, 0.6) is 0 Å². The number of halogens is 1. The molecule has 0 spiro atoms. The Morgan fingerprint density at radius 3 is 2.67 bits per heavy atom. The van der Waals surface area contributed by atoms with E-state index in [2.05, 4.69) is 0 Å². The standard InChI is InChI=1S/C9H8INO4/c1-5(9(12)13)6-3-2-4-7(10)8(6)11(14)15/h2-5H,1H3,(H,12,13). The largest absolute Gasteiger partial charge is 0.481 e. The minimum atomic E-state index is -1.07. The second-order valence-corrected chi connectivity index (χ2v) is 4.16. The number of nitrogens with zero attached hydrogens (tertiary/aromatic N) is 1. The van der Waals surface area contributed by atoms with Crippen LogP contribution in [0, 0.1) is 13.7 Å². The number of hydrogen-bond acceptors (Lipinski definition) is 3. The Morgan fingerprint density at radius 2 is 2.20 bits per heavy atom. The first-order chi connectivity index (χ1) is 6.95. The SMILES string of the molecule is CC(C(=O)O)c1cccc(I)c1[N+](=O)[O-]. The Balaban J connectivity index is 3.35. The number of para-hydroxylation sites is 1. The smallest absolute Gasteiger partial charge is 0.310 e. The minimum absolute atomic E-state index is 0.118. The highest BCUT2D eigenvalue weighted by Crippen LogP contribution is 2.30. The van der Waals surface area contributed by atoms with E-state index >= 15 is 0 Å². The van der Waals surface area contributed by atoms with Gasteiger partial charge in [-0.2, -0.15) is 0 Å². The zero-order chi connectivity index (χ0) is 11.6. The summed E-state index contributed by atoms with van der Waals surface area (Å²) in [4.78, 5) is 21.0. The molecule has 0 aliphatic rings. The number of hydrogen-bond donors (Lipinski definition) is 1. The van der Waals surface area contributed by atoms with Crippen LogP contribution in [0.3, 0.4) is 0 Å². The Kier molecular flexibility index (Phi) is 3.61. The van der Waals surface area contributed by atoms with Gasteiger partial charge in [0.1, 0.15) is 0 Å². The van der Waals surface area contributed by atoms with Gasteiger partial charge in [-0.05, 0) is 35.6 Å². The average Bonchev–Trinajstić information content (AvgIpc) is 2.15. The van der Waals surface area contributed by atoms with Gasteiger partial charge in [0, 0.05) is 5.56 Å². The molecular weight excluding hydrogens is 313 g/mol. The zero-order valence-electron chi connectivity index (χ0n) is 7.81. The molecule has 5 nitrogen and oxygen atoms in total. The van der Waals surface area contributed by atoms with Gasteiger partial charge in [0.2, 0.25) is 0 Å². The van der Waals surface area contributed by atoms with Crippen molar-refractivity contribution in [3.8, 4) is 0 Å². The molecule has 0 saturated carbocycles. The Bertz CT molecular complexity index is 419. The molecule has 6 heteroatoms. The third kappa shape index (κ3) is 2.44. The van der Waals surface area contributed by atoms with Gasteiger partial charge >= 0.3 is 5.97 Å². The Morgan fingerprint density at radius 1 is 1.60 bits per heavy atom. The number of nitro benzene ring substituents is 1. The maximum absolute atomic E-state index is 10.8. The first kappa shape index (κ1) is 11.9. The number of nitro groups is 1. The molecule has 0 aliphatic carbocycles. The van der Waals surface area contributed by atoms with Crippen LogP contribution in [0.15, 0.2) is 18.2 Å². The predicted octanol–water partition coefficient (Wildman–Crippen LogP) is 2.39. The van der Waals surface area contributed by atoms with Gasteiger partial charge in [0.05, 0.1) is 14.4 Å². The van der Waals surface area contributed by atoms with E-state index in [0.717, 1.165) is 0 Å². The van der Waals surface area contributed by atoms with E-state index in [9.17, 15) is 14.9 Å². The topological polar surface area (TPSA) is 80.4 Å². The maximum atomic E-state index is 10.8. The van der Waals surface area contributed by atoms with Gasteiger partial charge in [0.15, 0.2) is 0 Å². The molecule has 0 saturated heterocycles. The molecule has 1 N–H and O–H groups in total. The van der Waals surface area contributed by atoms with Crippen LogP contribution in [0.1, 0.15) is 18.4 Å². The third-order valence-electron chi connectivity index (χ3n) is 2.04. The number of aliphatic carboxylic acids is 1. The summed E-state index contributed by atoms with van der Waals surface area (Å²) in [6.45, 7) is 1.43. The number of benzene rings is 1. The van der Waals surface area contributed by atoms with Gasteiger partial charge in [-0.25, -0.2) is 0 Å². The van der Waals surface area contributed by atoms with Crippen LogP contribution in [0.2, 0.25) is 0 Å². The van der Waals surface area contributed by atoms with Gasteiger partial charge in [-0.15, -0.1) is 0 Å². The minimum Gasteiger partial charge on any atom is -0.481 e. The van der Waals surface area contributed by atoms with Crippen LogP contribution < -0.4 is 0 Å². The number of carboxylic acids is 1. The number of carbonyl (C=O) groups is 1. The molecule has 80 valence electrons. The van der Waals surface area contributed by atoms with Crippen LogP contribution in [-0.4, -0.2) is 16.0 Å². The fourth-order valence-corrected chi connectivity index (χ4v) is 1.92. The Hall–Kier alpha value is -1.18. The molecule has 0 bridgehead atoms. The van der Waals surface area contributed by atoms with Crippen LogP contribution in [0.25, 0.3) is 0 Å². The predicted molar refractivity (Wildman–Crippen MR) is 61.9 cm³/mol. The molecule has 0 fully saturated rings. The molecule has 1 rings (SSSR count). The van der Waals surface area contributed by atoms with Crippen molar-refractivity contribution in [3.63, 3.8) is 0 Å². The summed E-state index contributed by atoms with van der Waals surface area (Å²) in [5.74, 6) is -1.94. The normalized spacial score (nSPS) is 12.1. The Labute approximate surface area is 99.4 Å². The molecule has 1 unspecified atom stereocenters. The molecule has 0 aliphatic heterocycles. The van der Waals surface area contributed by atoms with Crippen LogP contribution >= 0.6 is 22.6 Å². The van der Waals surface area contributed by atoms with E-state index in [-0.39, 0.29) is 11.3 Å². The van der Waals surface area contributed by atoms with Gasteiger partial charge in [-0.1, -0.05) is 12.1 Å². The zero-order valence-corrected chi connectivity index (χ0v) is 9.96. The molecule has 0 radical (unpaired) electrons. The molecule has 0 amide bonds. The number of carboxylic acid groups (broad SMARTS) is 1. The summed E-state index contributed by atoms with van der Waals surface area (Å²) < 4.78 is 0.447. The van der Waals surface area contributed by atoms with Crippen molar-refractivity contribution in [2.45, 2.75) is 12.8 Å². The molecule has 1 aromatic rings. The summed E-state index contributed by atoms with van der Waals surface area (Å²) in [6, 6.07) is 4.67. The van der Waals surface area contributed by atoms with E-state index in [1.807, 2.05) is 22.6 Å². The van der Waals surface area contributed by atoms with E-state index < -0.39 is 16.8 Å². The van der Waals surface area contributed by atoms with Gasteiger partial charge in [-0.3, -0.25) is 14.9 Å². The number of rotatable bonds is 3. The summed E-state index contributed by atoms with van der Waals surface area (Å²) in [6.07, 6.45) is 0. The highest BCUT2D eigenvalue weighted by atomic mass is 127.